The van der Waals surface area contributed by atoms with Crippen molar-refractivity contribution < 1.29 is 13.2 Å². The first-order valence-electron chi connectivity index (χ1n) is 12.9. The summed E-state index contributed by atoms with van der Waals surface area (Å²) in [4.78, 5) is 8.94. The minimum atomic E-state index is -3.63. The normalized spacial score (nSPS) is 17.9. The lowest BCUT2D eigenvalue weighted by molar-refractivity contribution is 0.256. The lowest BCUT2D eigenvalue weighted by Crippen LogP contribution is -2.27. The van der Waals surface area contributed by atoms with Crippen LogP contribution < -0.4 is 20.7 Å². The van der Waals surface area contributed by atoms with Gasteiger partial charge in [-0.05, 0) is 76.7 Å². The van der Waals surface area contributed by atoms with Crippen molar-refractivity contribution in [3.63, 3.8) is 0 Å². The summed E-state index contributed by atoms with van der Waals surface area (Å²) >= 11 is 6.41. The highest BCUT2D eigenvalue weighted by atomic mass is 35.5. The van der Waals surface area contributed by atoms with E-state index < -0.39 is 15.1 Å². The molecule has 0 saturated carbocycles. The number of halogens is 1. The van der Waals surface area contributed by atoms with Crippen LogP contribution in [0.3, 0.4) is 0 Å². The van der Waals surface area contributed by atoms with Gasteiger partial charge in [0.05, 0.1) is 22.8 Å². The fraction of sp³-hybridized carbons (Fsp3) is 0.500. The number of ether oxygens (including phenoxy) is 1. The van der Waals surface area contributed by atoms with Gasteiger partial charge in [0.1, 0.15) is 16.9 Å². The summed E-state index contributed by atoms with van der Waals surface area (Å²) in [6.07, 6.45) is 6.26. The first kappa shape index (κ1) is 26.7. The maximum absolute atomic E-state index is 12.8. The van der Waals surface area contributed by atoms with Crippen molar-refractivity contribution in [1.82, 2.24) is 25.1 Å². The predicted octanol–water partition coefficient (Wildman–Crippen LogP) is 4.63. The average molecular weight is 560 g/mol. The smallest absolute Gasteiger partial charge is 0.229 e. The van der Waals surface area contributed by atoms with E-state index in [1.54, 1.807) is 27.1 Å². The number of anilines is 4. The Morgan fingerprint density at radius 2 is 1.95 bits per heavy atom. The Morgan fingerprint density at radius 3 is 2.66 bits per heavy atom. The monoisotopic (exact) mass is 559 g/mol. The van der Waals surface area contributed by atoms with Gasteiger partial charge in [0.15, 0.2) is 5.82 Å². The van der Waals surface area contributed by atoms with Gasteiger partial charge in [0.2, 0.25) is 20.8 Å². The molecule has 2 aromatic heterocycles. The Kier molecular flexibility index (Phi) is 7.27. The Balaban J connectivity index is 1.47. The number of benzene rings is 1. The highest BCUT2D eigenvalue weighted by molar-refractivity contribution is 7.92. The van der Waals surface area contributed by atoms with E-state index in [0.717, 1.165) is 43.8 Å². The molecule has 3 aromatic rings. The number of hydrogen-bond acceptors (Lipinski definition) is 9. The van der Waals surface area contributed by atoms with Crippen LogP contribution in [0.15, 0.2) is 23.5 Å². The zero-order valence-electron chi connectivity index (χ0n) is 22.3. The summed E-state index contributed by atoms with van der Waals surface area (Å²) in [5, 5.41) is 13.6. The molecule has 1 saturated heterocycles. The standard InChI is InChI=1S/C26H34ClN7O3S/c1-14(2)38(35,36)25-21(13-34(5)33-25)30-24-19(27)12-29-26(32-24)31-20-10-15(3)22(17-6-8-28-9-7-17)18-11-16(4)37-23(18)20/h10,12-14,16-17,28H,6-9,11H2,1-5H3,(H2,29,30,31,32)/t16-/m1/s1. The molecule has 5 rings (SSSR count). The first-order valence-corrected chi connectivity index (χ1v) is 14.8. The molecule has 2 aliphatic rings. The van der Waals surface area contributed by atoms with Crippen molar-refractivity contribution in [2.24, 2.45) is 7.05 Å². The zero-order valence-corrected chi connectivity index (χ0v) is 23.9. The van der Waals surface area contributed by atoms with Crippen molar-refractivity contribution in [3.05, 3.63) is 40.2 Å². The van der Waals surface area contributed by atoms with Crippen molar-refractivity contribution in [2.75, 3.05) is 23.7 Å². The van der Waals surface area contributed by atoms with Crippen LogP contribution in [-0.4, -0.2) is 52.6 Å². The summed E-state index contributed by atoms with van der Waals surface area (Å²) < 4.78 is 33.4. The van der Waals surface area contributed by atoms with Crippen LogP contribution in [0, 0.1) is 6.92 Å². The minimum Gasteiger partial charge on any atom is -0.488 e. The number of aryl methyl sites for hydroxylation is 2. The highest BCUT2D eigenvalue weighted by Gasteiger charge is 2.31. The topological polar surface area (TPSA) is 123 Å². The third kappa shape index (κ3) is 5.06. The summed E-state index contributed by atoms with van der Waals surface area (Å²) in [6, 6.07) is 2.10. The van der Waals surface area contributed by atoms with Crippen LogP contribution in [0.2, 0.25) is 5.02 Å². The number of sulfone groups is 1. The number of piperidine rings is 1. The minimum absolute atomic E-state index is 0.0523. The van der Waals surface area contributed by atoms with Gasteiger partial charge in [-0.25, -0.2) is 13.4 Å². The molecule has 3 N–H and O–H groups in total. The predicted molar refractivity (Wildman–Crippen MR) is 149 cm³/mol. The number of aromatic nitrogens is 4. The van der Waals surface area contributed by atoms with E-state index in [2.05, 4.69) is 50.9 Å². The molecule has 0 radical (unpaired) electrons. The van der Waals surface area contributed by atoms with Gasteiger partial charge in [0.25, 0.3) is 0 Å². The van der Waals surface area contributed by atoms with Crippen LogP contribution in [-0.2, 0) is 23.3 Å². The molecule has 38 heavy (non-hydrogen) atoms. The van der Waals surface area contributed by atoms with E-state index in [4.69, 9.17) is 16.3 Å². The summed E-state index contributed by atoms with van der Waals surface area (Å²) in [5.41, 5.74) is 5.00. The summed E-state index contributed by atoms with van der Waals surface area (Å²) in [6.45, 7) is 9.53. The Labute approximate surface area is 228 Å². The molecule has 1 aromatic carbocycles. The second-order valence-corrected chi connectivity index (χ2v) is 13.2. The number of rotatable bonds is 7. The molecule has 12 heteroatoms. The molecule has 0 bridgehead atoms. The van der Waals surface area contributed by atoms with Crippen LogP contribution in [0.5, 0.6) is 5.75 Å². The molecule has 0 aliphatic carbocycles. The van der Waals surface area contributed by atoms with Crippen molar-refractivity contribution in [1.29, 1.82) is 0 Å². The molecular weight excluding hydrogens is 526 g/mol. The lowest BCUT2D eigenvalue weighted by Gasteiger charge is -2.27. The third-order valence-corrected chi connectivity index (χ3v) is 9.47. The Morgan fingerprint density at radius 1 is 1.21 bits per heavy atom. The van der Waals surface area contributed by atoms with Gasteiger partial charge >= 0.3 is 0 Å². The largest absolute Gasteiger partial charge is 0.488 e. The third-order valence-electron chi connectivity index (χ3n) is 7.12. The summed E-state index contributed by atoms with van der Waals surface area (Å²) in [7, 11) is -1.96. The quantitative estimate of drug-likeness (QED) is 0.380. The van der Waals surface area contributed by atoms with E-state index in [1.165, 1.54) is 27.6 Å². The second kappa shape index (κ2) is 10.3. The average Bonchev–Trinajstić information content (AvgIpc) is 3.44. The molecule has 1 atom stereocenters. The first-order chi connectivity index (χ1) is 18.0. The van der Waals surface area contributed by atoms with E-state index in [0.29, 0.717) is 17.6 Å². The van der Waals surface area contributed by atoms with E-state index in [9.17, 15) is 8.42 Å². The van der Waals surface area contributed by atoms with Crippen molar-refractivity contribution in [2.45, 2.75) is 69.3 Å². The van der Waals surface area contributed by atoms with Gasteiger partial charge in [-0.15, -0.1) is 0 Å². The zero-order chi connectivity index (χ0) is 27.2. The van der Waals surface area contributed by atoms with Crippen molar-refractivity contribution in [3.8, 4) is 5.75 Å². The van der Waals surface area contributed by atoms with Gasteiger partial charge in [0, 0.05) is 25.2 Å². The van der Waals surface area contributed by atoms with Gasteiger partial charge in [-0.1, -0.05) is 11.6 Å². The highest BCUT2D eigenvalue weighted by Crippen LogP contribution is 2.45. The van der Waals surface area contributed by atoms with Gasteiger partial charge in [-0.2, -0.15) is 10.1 Å². The molecule has 4 heterocycles. The fourth-order valence-electron chi connectivity index (χ4n) is 5.27. The molecule has 204 valence electrons. The van der Waals surface area contributed by atoms with Crippen LogP contribution >= 0.6 is 11.6 Å². The Hall–Kier alpha value is -2.89. The maximum Gasteiger partial charge on any atom is 0.229 e. The SMILES string of the molecule is Cc1cc(Nc2ncc(Cl)c(Nc3cn(C)nc3S(=O)(=O)C(C)C)n2)c2c(c1C1CCNCC1)C[C@@H](C)O2. The molecule has 0 amide bonds. The van der Waals surface area contributed by atoms with Gasteiger partial charge < -0.3 is 20.7 Å². The fourth-order valence-corrected chi connectivity index (χ4v) is 6.51. The second-order valence-electron chi connectivity index (χ2n) is 10.4. The molecule has 0 spiro atoms. The van der Waals surface area contributed by atoms with E-state index in [1.807, 2.05) is 0 Å². The number of nitrogens with one attached hydrogen (secondary N) is 3. The van der Waals surface area contributed by atoms with Gasteiger partial charge in [-0.3, -0.25) is 4.68 Å². The number of hydrogen-bond donors (Lipinski definition) is 3. The Bertz CT molecular complexity index is 1470. The van der Waals surface area contributed by atoms with E-state index in [-0.39, 0.29) is 22.0 Å². The van der Waals surface area contributed by atoms with Crippen LogP contribution in [0.1, 0.15) is 56.2 Å². The van der Waals surface area contributed by atoms with Crippen molar-refractivity contribution >= 4 is 44.6 Å². The molecule has 0 unspecified atom stereocenters. The van der Waals surface area contributed by atoms with E-state index >= 15 is 0 Å². The molecule has 1 fully saturated rings. The number of fused-ring (bicyclic) bond motifs is 1. The van der Waals surface area contributed by atoms with Crippen LogP contribution in [0.25, 0.3) is 0 Å². The lowest BCUT2D eigenvalue weighted by atomic mass is 9.83. The number of nitrogens with zero attached hydrogens (tertiary/aromatic N) is 4. The van der Waals surface area contributed by atoms with Crippen LogP contribution in [0.4, 0.5) is 23.1 Å². The maximum atomic E-state index is 12.8. The molecular formula is C26H34ClN7O3S. The summed E-state index contributed by atoms with van der Waals surface area (Å²) in [5.74, 6) is 1.95. The molecule has 10 nitrogen and oxygen atoms in total. The molecule has 2 aliphatic heterocycles.